The molecule has 242 valence electrons. The van der Waals surface area contributed by atoms with Gasteiger partial charge in [-0.2, -0.15) is 0 Å². The first-order valence-electron chi connectivity index (χ1n) is 16.8. The monoisotopic (exact) mass is 621 g/mol. The Bertz CT molecular complexity index is 1580. The third-order valence-electron chi connectivity index (χ3n) is 10.4. The van der Waals surface area contributed by atoms with E-state index in [4.69, 9.17) is 18.7 Å². The van der Waals surface area contributed by atoms with E-state index in [1.807, 2.05) is 19.0 Å². The van der Waals surface area contributed by atoms with E-state index in [9.17, 15) is 9.59 Å². The molecule has 0 amide bonds. The van der Waals surface area contributed by atoms with Crippen LogP contribution < -0.4 is 9.47 Å². The van der Waals surface area contributed by atoms with Crippen molar-refractivity contribution in [2.45, 2.75) is 90.3 Å². The number of benzene rings is 1. The number of unbranched alkanes of at least 4 members (excludes halogenated alkanes) is 2. The number of rotatable bonds is 11. The lowest BCUT2D eigenvalue weighted by Gasteiger charge is -2.41. The van der Waals surface area contributed by atoms with Gasteiger partial charge in [-0.05, 0) is 70.2 Å². The molecule has 1 aromatic heterocycles. The molecule has 7 rings (SSSR count). The third-order valence-corrected chi connectivity index (χ3v) is 10.4. The summed E-state index contributed by atoms with van der Waals surface area (Å²) in [5.41, 5.74) is 1.79. The van der Waals surface area contributed by atoms with Crippen molar-refractivity contribution < 1.29 is 32.7 Å². The number of hydrogen-bond acceptors (Lipinski definition) is 9. The number of carbonyl (C=O) groups is 2. The summed E-state index contributed by atoms with van der Waals surface area (Å²) in [6.45, 7) is 9.39. The van der Waals surface area contributed by atoms with Crippen LogP contribution in [0.5, 0.6) is 11.6 Å². The average molecular weight is 622 g/mol. The molecule has 0 radical (unpaired) electrons. The second-order valence-corrected chi connectivity index (χ2v) is 13.5. The number of halogens is 1. The Labute approximate surface area is 264 Å². The zero-order valence-electron chi connectivity index (χ0n) is 27.1. The molecule has 1 aromatic carbocycles. The lowest BCUT2D eigenvalue weighted by molar-refractivity contribution is 0.0484. The van der Waals surface area contributed by atoms with Gasteiger partial charge in [-0.15, -0.1) is 0 Å². The van der Waals surface area contributed by atoms with E-state index < -0.39 is 5.60 Å². The zero-order valence-corrected chi connectivity index (χ0v) is 27.1. The van der Waals surface area contributed by atoms with Gasteiger partial charge >= 0.3 is 0 Å². The molecular weight excluding hydrogens is 577 g/mol. The molecule has 0 N–H and O–H groups in total. The van der Waals surface area contributed by atoms with Crippen molar-refractivity contribution in [2.24, 2.45) is 11.8 Å². The Morgan fingerprint density at radius 3 is 2.49 bits per heavy atom. The van der Waals surface area contributed by atoms with Crippen LogP contribution >= 0.6 is 0 Å². The Hall–Kier alpha value is -3.24. The van der Waals surface area contributed by atoms with Gasteiger partial charge in [0.05, 0.1) is 24.8 Å². The summed E-state index contributed by atoms with van der Waals surface area (Å²) in [6.07, 6.45) is 6.01. The number of hydrogen-bond donors (Lipinski definition) is 0. The highest BCUT2D eigenvalue weighted by molar-refractivity contribution is 6.18. The molecule has 10 heteroatoms. The predicted molar refractivity (Wildman–Crippen MR) is 164 cm³/mol. The maximum Gasteiger partial charge on any atom is 0.265 e. The van der Waals surface area contributed by atoms with Crippen LogP contribution in [0.25, 0.3) is 0 Å². The van der Waals surface area contributed by atoms with Crippen LogP contribution in [0.3, 0.4) is 0 Å². The molecule has 2 aliphatic heterocycles. The van der Waals surface area contributed by atoms with E-state index in [0.717, 1.165) is 50.8 Å². The summed E-state index contributed by atoms with van der Waals surface area (Å²) in [6, 6.07) is -0.326. The summed E-state index contributed by atoms with van der Waals surface area (Å²) in [5, 5.41) is 4.17. The van der Waals surface area contributed by atoms with E-state index in [1.165, 1.54) is 0 Å². The van der Waals surface area contributed by atoms with Gasteiger partial charge in [-0.1, -0.05) is 33.6 Å². The molecule has 1 fully saturated rings. The van der Waals surface area contributed by atoms with E-state index in [-0.39, 0.29) is 41.1 Å². The predicted octanol–water partition coefficient (Wildman–Crippen LogP) is 5.84. The highest BCUT2D eigenvalue weighted by Crippen LogP contribution is 2.66. The summed E-state index contributed by atoms with van der Waals surface area (Å²) in [7, 11) is 3.88. The van der Waals surface area contributed by atoms with Crippen LogP contribution in [0.2, 0.25) is 0 Å². The number of aromatic nitrogens is 1. The Kier molecular flexibility index (Phi) is 7.79. The largest absolute Gasteiger partial charge is 0.493 e. The summed E-state index contributed by atoms with van der Waals surface area (Å²) < 4.78 is 41.1. The summed E-state index contributed by atoms with van der Waals surface area (Å²) in [5.74, 6) is 0.210. The first-order valence-corrected chi connectivity index (χ1v) is 16.8. The zero-order chi connectivity index (χ0) is 31.6. The van der Waals surface area contributed by atoms with Crippen molar-refractivity contribution >= 4 is 11.6 Å². The van der Waals surface area contributed by atoms with Crippen LogP contribution in [0.15, 0.2) is 15.9 Å². The van der Waals surface area contributed by atoms with Gasteiger partial charge in [0.25, 0.3) is 5.88 Å². The second-order valence-electron chi connectivity index (χ2n) is 13.5. The summed E-state index contributed by atoms with van der Waals surface area (Å²) >= 11 is 0. The van der Waals surface area contributed by atoms with Crippen molar-refractivity contribution in [3.63, 3.8) is 0 Å². The van der Waals surface area contributed by atoms with E-state index in [0.29, 0.717) is 84.1 Å². The maximum atomic E-state index is 16.6. The smallest absolute Gasteiger partial charge is 0.265 e. The van der Waals surface area contributed by atoms with Crippen molar-refractivity contribution in [1.29, 1.82) is 0 Å². The van der Waals surface area contributed by atoms with E-state index in [1.54, 1.807) is 0 Å². The molecule has 3 aliphatic carbocycles. The molecule has 3 heterocycles. The van der Waals surface area contributed by atoms with Gasteiger partial charge in [-0.3, -0.25) is 19.4 Å². The summed E-state index contributed by atoms with van der Waals surface area (Å²) in [4.78, 5) is 33.2. The number of ether oxygens (including phenoxy) is 3. The van der Waals surface area contributed by atoms with Gasteiger partial charge in [-0.25, -0.2) is 4.39 Å². The fraction of sp³-hybridized carbons (Fsp3) is 0.629. The minimum Gasteiger partial charge on any atom is -0.493 e. The second kappa shape index (κ2) is 11.5. The molecule has 0 bridgehead atoms. The van der Waals surface area contributed by atoms with Gasteiger partial charge in [0.2, 0.25) is 11.4 Å². The number of nitrogens with zero attached hydrogens (tertiary/aromatic N) is 3. The Morgan fingerprint density at radius 2 is 1.78 bits per heavy atom. The molecule has 2 aromatic rings. The number of allylic oxidation sites excluding steroid dienone is 1. The Morgan fingerprint density at radius 1 is 1.02 bits per heavy atom. The minimum absolute atomic E-state index is 0.183. The van der Waals surface area contributed by atoms with E-state index in [2.05, 4.69) is 30.8 Å². The lowest BCUT2D eigenvalue weighted by Crippen LogP contribution is -2.49. The SMILES string of the molecule is CCCCOc1noc2c1C(=O)[C@@]13OC1=C1C(=O)c4c(c(F)c5c(c4OCCCC)CCN(CCC)C5)C[C@H]1C[C@H]3[C@@H]2N(C)C. The van der Waals surface area contributed by atoms with Crippen molar-refractivity contribution in [3.05, 3.63) is 50.7 Å². The van der Waals surface area contributed by atoms with Crippen LogP contribution in [0, 0.1) is 17.7 Å². The van der Waals surface area contributed by atoms with Gasteiger partial charge < -0.3 is 18.7 Å². The fourth-order valence-electron chi connectivity index (χ4n) is 8.28. The van der Waals surface area contributed by atoms with Crippen molar-refractivity contribution in [2.75, 3.05) is 40.4 Å². The standard InChI is InChI=1S/C35H44FN3O6/c1-6-9-14-42-30-20-11-13-39(12-8-3)18-22(20)27(36)21-16-19-17-23-28(38(4)5)31-26(34(37-45-31)43-15-10-7-2)32(41)35(23)33(44-35)24(19)29(40)25(21)30/h19,23,28H,6-18H2,1-5H3/t19-,23-,28-,35+/m0/s1. The maximum absolute atomic E-state index is 16.6. The molecule has 0 saturated carbocycles. The van der Waals surface area contributed by atoms with Crippen molar-refractivity contribution in [1.82, 2.24) is 15.0 Å². The molecule has 5 aliphatic rings. The van der Waals surface area contributed by atoms with Gasteiger partial charge in [0, 0.05) is 41.3 Å². The topological polar surface area (TPSA) is 97.6 Å². The van der Waals surface area contributed by atoms with Crippen LogP contribution in [-0.2, 0) is 24.1 Å². The Balaban J connectivity index is 1.33. The van der Waals surface area contributed by atoms with Crippen LogP contribution in [-0.4, -0.2) is 72.5 Å². The number of ketones is 2. The number of carbonyl (C=O) groups excluding carboxylic acids is 2. The van der Waals surface area contributed by atoms with Crippen LogP contribution in [0.4, 0.5) is 4.39 Å². The molecule has 45 heavy (non-hydrogen) atoms. The highest BCUT2D eigenvalue weighted by Gasteiger charge is 2.75. The normalized spacial score (nSPS) is 26.4. The lowest BCUT2D eigenvalue weighted by atomic mass is 9.61. The number of fused-ring (bicyclic) bond motifs is 4. The average Bonchev–Trinajstić information content (AvgIpc) is 3.64. The molecule has 1 saturated heterocycles. The first kappa shape index (κ1) is 30.4. The molecule has 1 spiro atoms. The fourth-order valence-corrected chi connectivity index (χ4v) is 8.28. The van der Waals surface area contributed by atoms with Gasteiger partial charge in [0.15, 0.2) is 17.3 Å². The molecule has 4 atom stereocenters. The molecule has 9 nitrogen and oxygen atoms in total. The number of epoxide rings is 1. The minimum atomic E-state index is -1.27. The highest BCUT2D eigenvalue weighted by atomic mass is 19.1. The van der Waals surface area contributed by atoms with Crippen LogP contribution in [0.1, 0.15) is 109 Å². The van der Waals surface area contributed by atoms with E-state index >= 15 is 4.39 Å². The third kappa shape index (κ3) is 4.49. The quantitative estimate of drug-likeness (QED) is 0.227. The molecule has 0 unspecified atom stereocenters. The van der Waals surface area contributed by atoms with Gasteiger partial charge in [0.1, 0.15) is 17.1 Å². The van der Waals surface area contributed by atoms with Crippen molar-refractivity contribution in [3.8, 4) is 11.6 Å². The molecular formula is C35H44FN3O6. The first-order chi connectivity index (χ1) is 21.8. The number of Topliss-reactive ketones (excluding diaryl/α,β-unsaturated/α-hetero) is 2.